The number of carbonyl (C=O) groups excluding carboxylic acids is 1. The third-order valence-corrected chi connectivity index (χ3v) is 5.84. The molecule has 0 unspecified atom stereocenters. The quantitative estimate of drug-likeness (QED) is 0.600. The molecule has 28 heavy (non-hydrogen) atoms. The summed E-state index contributed by atoms with van der Waals surface area (Å²) in [6.07, 6.45) is 1.67. The van der Waals surface area contributed by atoms with Gasteiger partial charge in [-0.25, -0.2) is 0 Å². The topological polar surface area (TPSA) is 54.3 Å². The van der Waals surface area contributed by atoms with Crippen molar-refractivity contribution in [3.63, 3.8) is 0 Å². The van der Waals surface area contributed by atoms with Crippen LogP contribution in [0.5, 0.6) is 0 Å². The summed E-state index contributed by atoms with van der Waals surface area (Å²) >= 11 is 7.50. The highest BCUT2D eigenvalue weighted by atomic mass is 35.5. The lowest BCUT2D eigenvalue weighted by Gasteiger charge is -2.36. The van der Waals surface area contributed by atoms with E-state index in [2.05, 4.69) is 21.2 Å². The van der Waals surface area contributed by atoms with Gasteiger partial charge in [0, 0.05) is 42.6 Å². The molecular formula is C20H20ClN5OS. The molecule has 6 nitrogen and oxygen atoms in total. The summed E-state index contributed by atoms with van der Waals surface area (Å²) in [6.45, 7) is 3.02. The molecule has 0 spiro atoms. The number of halogens is 1. The Labute approximate surface area is 173 Å². The molecule has 0 N–H and O–H groups in total. The summed E-state index contributed by atoms with van der Waals surface area (Å²) in [7, 11) is 0. The number of piperazine rings is 1. The number of benzene rings is 2. The van der Waals surface area contributed by atoms with Crippen molar-refractivity contribution in [3.8, 4) is 5.69 Å². The highest BCUT2D eigenvalue weighted by molar-refractivity contribution is 7.99. The predicted octanol–water partition coefficient (Wildman–Crippen LogP) is 3.36. The second kappa shape index (κ2) is 8.67. The van der Waals surface area contributed by atoms with Crippen molar-refractivity contribution in [3.05, 3.63) is 65.9 Å². The number of amides is 1. The Hall–Kier alpha value is -2.51. The highest BCUT2D eigenvalue weighted by Gasteiger charge is 2.22. The zero-order valence-electron chi connectivity index (χ0n) is 15.2. The van der Waals surface area contributed by atoms with E-state index in [4.69, 9.17) is 11.6 Å². The zero-order valence-corrected chi connectivity index (χ0v) is 16.8. The molecule has 0 radical (unpaired) electrons. The van der Waals surface area contributed by atoms with Crippen molar-refractivity contribution < 1.29 is 4.79 Å². The van der Waals surface area contributed by atoms with E-state index < -0.39 is 0 Å². The Morgan fingerprint density at radius 1 is 1.00 bits per heavy atom. The molecule has 4 rings (SSSR count). The second-order valence-corrected chi connectivity index (χ2v) is 7.83. The van der Waals surface area contributed by atoms with Crippen LogP contribution in [0.25, 0.3) is 5.69 Å². The van der Waals surface area contributed by atoms with Gasteiger partial charge in [0.2, 0.25) is 5.91 Å². The first-order valence-corrected chi connectivity index (χ1v) is 10.4. The van der Waals surface area contributed by atoms with Gasteiger partial charge >= 0.3 is 0 Å². The minimum absolute atomic E-state index is 0.123. The average Bonchev–Trinajstić information content (AvgIpc) is 3.21. The van der Waals surface area contributed by atoms with Crippen LogP contribution < -0.4 is 4.90 Å². The van der Waals surface area contributed by atoms with Crippen LogP contribution in [-0.2, 0) is 4.79 Å². The number of hydrogen-bond donors (Lipinski definition) is 0. The molecule has 2 heterocycles. The van der Waals surface area contributed by atoms with E-state index in [0.717, 1.165) is 34.6 Å². The molecule has 8 heteroatoms. The van der Waals surface area contributed by atoms with Crippen LogP contribution in [0.15, 0.2) is 66.1 Å². The van der Waals surface area contributed by atoms with Gasteiger partial charge in [0.25, 0.3) is 0 Å². The fourth-order valence-corrected chi connectivity index (χ4v) is 4.21. The molecule has 0 saturated carbocycles. The van der Waals surface area contributed by atoms with Gasteiger partial charge in [-0.15, -0.1) is 10.2 Å². The molecule has 1 amide bonds. The van der Waals surface area contributed by atoms with E-state index in [1.54, 1.807) is 6.33 Å². The highest BCUT2D eigenvalue weighted by Crippen LogP contribution is 2.22. The number of rotatable bonds is 5. The van der Waals surface area contributed by atoms with Crippen LogP contribution >= 0.6 is 23.4 Å². The molecule has 0 aliphatic carbocycles. The summed E-state index contributed by atoms with van der Waals surface area (Å²) in [4.78, 5) is 16.8. The van der Waals surface area contributed by atoms with Gasteiger partial charge in [-0.2, -0.15) is 0 Å². The summed E-state index contributed by atoms with van der Waals surface area (Å²) in [5, 5.41) is 9.59. The monoisotopic (exact) mass is 413 g/mol. The Balaban J connectivity index is 1.32. The minimum atomic E-state index is 0.123. The minimum Gasteiger partial charge on any atom is -0.368 e. The first-order valence-electron chi connectivity index (χ1n) is 9.07. The van der Waals surface area contributed by atoms with Crippen LogP contribution in [0, 0.1) is 0 Å². The van der Waals surface area contributed by atoms with Gasteiger partial charge in [-0.1, -0.05) is 47.6 Å². The molecule has 1 aliphatic heterocycles. The molecule has 1 saturated heterocycles. The van der Waals surface area contributed by atoms with Crippen LogP contribution in [0.2, 0.25) is 5.02 Å². The van der Waals surface area contributed by atoms with Crippen molar-refractivity contribution in [2.75, 3.05) is 36.8 Å². The molecule has 3 aromatic rings. The Kier molecular flexibility index (Phi) is 5.83. The number of anilines is 1. The SMILES string of the molecule is O=C(CSc1nncn1-c1ccccc1)N1CCN(c2cccc(Cl)c2)CC1. The first kappa shape index (κ1) is 18.8. The lowest BCUT2D eigenvalue weighted by molar-refractivity contribution is -0.128. The van der Waals surface area contributed by atoms with Crippen molar-refractivity contribution in [1.82, 2.24) is 19.7 Å². The third-order valence-electron chi connectivity index (χ3n) is 4.68. The molecule has 0 bridgehead atoms. The standard InChI is InChI=1S/C20H20ClN5OS/c21-16-5-4-8-18(13-16)24-9-11-25(12-10-24)19(27)14-28-20-23-22-15-26(20)17-6-2-1-3-7-17/h1-8,13,15H,9-12,14H2. The largest absolute Gasteiger partial charge is 0.368 e. The summed E-state index contributed by atoms with van der Waals surface area (Å²) < 4.78 is 1.90. The summed E-state index contributed by atoms with van der Waals surface area (Å²) in [6, 6.07) is 17.7. The van der Waals surface area contributed by atoms with Gasteiger partial charge in [0.15, 0.2) is 5.16 Å². The summed E-state index contributed by atoms with van der Waals surface area (Å²) in [5.41, 5.74) is 2.09. The van der Waals surface area contributed by atoms with Gasteiger partial charge in [-0.3, -0.25) is 9.36 Å². The van der Waals surface area contributed by atoms with Crippen molar-refractivity contribution in [1.29, 1.82) is 0 Å². The molecule has 1 aromatic heterocycles. The lowest BCUT2D eigenvalue weighted by atomic mass is 10.2. The maximum Gasteiger partial charge on any atom is 0.233 e. The van der Waals surface area contributed by atoms with E-state index in [1.165, 1.54) is 11.8 Å². The van der Waals surface area contributed by atoms with E-state index in [-0.39, 0.29) is 5.91 Å². The number of para-hydroxylation sites is 1. The summed E-state index contributed by atoms with van der Waals surface area (Å²) in [5.74, 6) is 0.473. The van der Waals surface area contributed by atoms with Crippen LogP contribution in [0.3, 0.4) is 0 Å². The molecule has 1 aliphatic rings. The Bertz CT molecular complexity index is 941. The third kappa shape index (κ3) is 4.31. The fraction of sp³-hybridized carbons (Fsp3) is 0.250. The number of hydrogen-bond acceptors (Lipinski definition) is 5. The van der Waals surface area contributed by atoms with Crippen molar-refractivity contribution >= 4 is 35.0 Å². The van der Waals surface area contributed by atoms with E-state index >= 15 is 0 Å². The normalized spacial score (nSPS) is 14.3. The van der Waals surface area contributed by atoms with Crippen molar-refractivity contribution in [2.45, 2.75) is 5.16 Å². The van der Waals surface area contributed by atoms with E-state index in [0.29, 0.717) is 18.8 Å². The van der Waals surface area contributed by atoms with Gasteiger partial charge < -0.3 is 9.80 Å². The average molecular weight is 414 g/mol. The maximum absolute atomic E-state index is 12.6. The second-order valence-electron chi connectivity index (χ2n) is 6.46. The maximum atomic E-state index is 12.6. The molecule has 0 atom stereocenters. The van der Waals surface area contributed by atoms with Gasteiger partial charge in [-0.05, 0) is 30.3 Å². The van der Waals surface area contributed by atoms with E-state index in [9.17, 15) is 4.79 Å². The lowest BCUT2D eigenvalue weighted by Crippen LogP contribution is -2.49. The predicted molar refractivity (Wildman–Crippen MR) is 112 cm³/mol. The Morgan fingerprint density at radius 3 is 2.50 bits per heavy atom. The molecule has 144 valence electrons. The van der Waals surface area contributed by atoms with Crippen LogP contribution in [-0.4, -0.2) is 57.5 Å². The number of aromatic nitrogens is 3. The van der Waals surface area contributed by atoms with Gasteiger partial charge in [0.1, 0.15) is 6.33 Å². The Morgan fingerprint density at radius 2 is 1.75 bits per heavy atom. The van der Waals surface area contributed by atoms with E-state index in [1.807, 2.05) is 58.0 Å². The van der Waals surface area contributed by atoms with Gasteiger partial charge in [0.05, 0.1) is 5.75 Å². The number of nitrogens with zero attached hydrogens (tertiary/aromatic N) is 5. The zero-order chi connectivity index (χ0) is 19.3. The van der Waals surface area contributed by atoms with Crippen molar-refractivity contribution in [2.24, 2.45) is 0 Å². The number of thioether (sulfide) groups is 1. The molecular weight excluding hydrogens is 394 g/mol. The smallest absolute Gasteiger partial charge is 0.233 e. The fourth-order valence-electron chi connectivity index (χ4n) is 3.19. The van der Waals surface area contributed by atoms with Crippen LogP contribution in [0.4, 0.5) is 5.69 Å². The number of carbonyl (C=O) groups is 1. The van der Waals surface area contributed by atoms with Crippen LogP contribution in [0.1, 0.15) is 0 Å². The molecule has 2 aromatic carbocycles. The molecule has 1 fully saturated rings. The first-order chi connectivity index (χ1) is 13.7.